The number of anilines is 3. The van der Waals surface area contributed by atoms with Crippen LogP contribution in [-0.2, 0) is 9.47 Å². The SMILES string of the molecule is COC(Nc1nc(N)nc(N)n1)OCC(C)C. The molecule has 0 saturated heterocycles. The molecule has 1 heterocycles. The van der Waals surface area contributed by atoms with Crippen molar-refractivity contribution in [2.75, 3.05) is 30.5 Å². The number of methoxy groups -OCH3 is 1. The van der Waals surface area contributed by atoms with Crippen LogP contribution in [0.25, 0.3) is 0 Å². The zero-order chi connectivity index (χ0) is 12.8. The molecule has 0 aliphatic heterocycles. The van der Waals surface area contributed by atoms with Gasteiger partial charge < -0.3 is 26.3 Å². The van der Waals surface area contributed by atoms with Crippen LogP contribution >= 0.6 is 0 Å². The Hall–Kier alpha value is -1.67. The van der Waals surface area contributed by atoms with E-state index in [0.29, 0.717) is 12.5 Å². The molecule has 17 heavy (non-hydrogen) atoms. The first kappa shape index (κ1) is 13.4. The molecular formula is C9H18N6O2. The molecule has 0 saturated carbocycles. The van der Waals surface area contributed by atoms with Gasteiger partial charge in [0.05, 0.1) is 6.61 Å². The normalized spacial score (nSPS) is 12.7. The number of ether oxygens (including phenoxy) is 2. The van der Waals surface area contributed by atoms with Gasteiger partial charge in [-0.3, -0.25) is 0 Å². The quantitative estimate of drug-likeness (QED) is 0.598. The Morgan fingerprint density at radius 2 is 1.76 bits per heavy atom. The molecule has 1 aromatic heterocycles. The maximum absolute atomic E-state index is 5.43. The first-order chi connectivity index (χ1) is 8.01. The first-order valence-electron chi connectivity index (χ1n) is 5.19. The molecule has 0 radical (unpaired) electrons. The van der Waals surface area contributed by atoms with Crippen molar-refractivity contribution in [1.82, 2.24) is 15.0 Å². The van der Waals surface area contributed by atoms with Crippen LogP contribution in [0.3, 0.4) is 0 Å². The van der Waals surface area contributed by atoms with E-state index in [0.717, 1.165) is 0 Å². The largest absolute Gasteiger partial charge is 0.368 e. The third-order valence-corrected chi connectivity index (χ3v) is 1.71. The van der Waals surface area contributed by atoms with Crippen LogP contribution in [0, 0.1) is 5.92 Å². The van der Waals surface area contributed by atoms with Gasteiger partial charge in [-0.2, -0.15) is 15.0 Å². The van der Waals surface area contributed by atoms with Gasteiger partial charge in [-0.05, 0) is 5.92 Å². The van der Waals surface area contributed by atoms with E-state index in [1.807, 2.05) is 13.8 Å². The standard InChI is InChI=1S/C9H18N6O2/c1-5(2)4-17-9(16-3)15-8-13-6(10)12-7(11)14-8/h5,9H,4H2,1-3H3,(H5,10,11,12,13,14,15). The van der Waals surface area contributed by atoms with Crippen LogP contribution in [0.2, 0.25) is 0 Å². The summed E-state index contributed by atoms with van der Waals surface area (Å²) in [5, 5.41) is 2.80. The first-order valence-corrected chi connectivity index (χ1v) is 5.19. The molecule has 1 aromatic rings. The Balaban J connectivity index is 2.60. The predicted molar refractivity (Wildman–Crippen MR) is 63.9 cm³/mol. The number of nitrogens with two attached hydrogens (primary N) is 2. The van der Waals surface area contributed by atoms with Crippen molar-refractivity contribution in [3.8, 4) is 0 Å². The highest BCUT2D eigenvalue weighted by atomic mass is 16.7. The molecule has 96 valence electrons. The zero-order valence-corrected chi connectivity index (χ0v) is 10.2. The highest BCUT2D eigenvalue weighted by molar-refractivity contribution is 5.36. The third kappa shape index (κ3) is 4.79. The maximum atomic E-state index is 5.43. The van der Waals surface area contributed by atoms with Crippen LogP contribution in [-0.4, -0.2) is 35.1 Å². The van der Waals surface area contributed by atoms with Gasteiger partial charge in [0.1, 0.15) is 0 Å². The van der Waals surface area contributed by atoms with Gasteiger partial charge in [0.25, 0.3) is 0 Å². The summed E-state index contributed by atoms with van der Waals surface area (Å²) >= 11 is 0. The topological polar surface area (TPSA) is 121 Å². The molecule has 8 heteroatoms. The lowest BCUT2D eigenvalue weighted by atomic mass is 10.2. The number of hydrogen-bond donors (Lipinski definition) is 3. The summed E-state index contributed by atoms with van der Waals surface area (Å²) in [7, 11) is 1.51. The zero-order valence-electron chi connectivity index (χ0n) is 10.2. The second-order valence-corrected chi connectivity index (χ2v) is 3.81. The summed E-state index contributed by atoms with van der Waals surface area (Å²) in [4.78, 5) is 11.4. The van der Waals surface area contributed by atoms with Crippen LogP contribution < -0.4 is 16.8 Å². The number of nitrogen functional groups attached to an aromatic ring is 2. The van der Waals surface area contributed by atoms with Gasteiger partial charge in [-0.15, -0.1) is 0 Å². The Morgan fingerprint density at radius 3 is 2.24 bits per heavy atom. The second kappa shape index (κ2) is 6.16. The van der Waals surface area contributed by atoms with Crippen molar-refractivity contribution in [3.63, 3.8) is 0 Å². The third-order valence-electron chi connectivity index (χ3n) is 1.71. The summed E-state index contributed by atoms with van der Waals surface area (Å²) in [6.45, 7) is 4.61. The van der Waals surface area contributed by atoms with E-state index >= 15 is 0 Å². The van der Waals surface area contributed by atoms with Crippen molar-refractivity contribution < 1.29 is 9.47 Å². The van der Waals surface area contributed by atoms with E-state index in [9.17, 15) is 0 Å². The molecule has 0 aromatic carbocycles. The van der Waals surface area contributed by atoms with Crippen molar-refractivity contribution >= 4 is 17.8 Å². The van der Waals surface area contributed by atoms with Crippen molar-refractivity contribution in [2.45, 2.75) is 20.3 Å². The number of hydrogen-bond acceptors (Lipinski definition) is 8. The Kier molecular flexibility index (Phi) is 4.85. The molecule has 0 aliphatic rings. The maximum Gasteiger partial charge on any atom is 0.240 e. The van der Waals surface area contributed by atoms with E-state index in [4.69, 9.17) is 20.9 Å². The number of rotatable bonds is 6. The fourth-order valence-corrected chi connectivity index (χ4v) is 1.03. The van der Waals surface area contributed by atoms with Crippen molar-refractivity contribution in [2.24, 2.45) is 5.92 Å². The minimum absolute atomic E-state index is 0.0405. The molecule has 1 atom stereocenters. The van der Waals surface area contributed by atoms with Gasteiger partial charge in [0.2, 0.25) is 24.3 Å². The van der Waals surface area contributed by atoms with Gasteiger partial charge in [0, 0.05) is 7.11 Å². The van der Waals surface area contributed by atoms with Gasteiger partial charge in [0.15, 0.2) is 0 Å². The fourth-order valence-electron chi connectivity index (χ4n) is 1.03. The van der Waals surface area contributed by atoms with E-state index in [1.54, 1.807) is 0 Å². The van der Waals surface area contributed by atoms with Gasteiger partial charge in [-0.1, -0.05) is 13.8 Å². The Labute approximate surface area is 99.7 Å². The van der Waals surface area contributed by atoms with Crippen molar-refractivity contribution in [3.05, 3.63) is 0 Å². The predicted octanol–water partition coefficient (Wildman–Crippen LogP) is 0.0505. The smallest absolute Gasteiger partial charge is 0.240 e. The molecule has 1 unspecified atom stereocenters. The molecule has 0 fully saturated rings. The molecular weight excluding hydrogens is 224 g/mol. The van der Waals surface area contributed by atoms with E-state index in [-0.39, 0.29) is 17.8 Å². The molecule has 5 N–H and O–H groups in total. The minimum Gasteiger partial charge on any atom is -0.368 e. The summed E-state index contributed by atoms with van der Waals surface area (Å²) in [5.41, 5.74) is 10.9. The summed E-state index contributed by atoms with van der Waals surface area (Å²) in [5.74, 6) is 0.686. The highest BCUT2D eigenvalue weighted by Crippen LogP contribution is 2.07. The molecule has 8 nitrogen and oxygen atoms in total. The minimum atomic E-state index is -0.654. The van der Waals surface area contributed by atoms with Crippen LogP contribution in [0.15, 0.2) is 0 Å². The van der Waals surface area contributed by atoms with Crippen molar-refractivity contribution in [1.29, 1.82) is 0 Å². The summed E-state index contributed by atoms with van der Waals surface area (Å²) < 4.78 is 10.5. The molecule has 1 rings (SSSR count). The average Bonchev–Trinajstić information content (AvgIpc) is 2.22. The number of nitrogens with one attached hydrogen (secondary N) is 1. The lowest BCUT2D eigenvalue weighted by molar-refractivity contribution is -0.111. The second-order valence-electron chi connectivity index (χ2n) is 3.81. The van der Waals surface area contributed by atoms with Crippen LogP contribution in [0.1, 0.15) is 13.8 Å². The molecule has 0 amide bonds. The van der Waals surface area contributed by atoms with Crippen LogP contribution in [0.5, 0.6) is 0 Å². The van der Waals surface area contributed by atoms with E-state index < -0.39 is 6.41 Å². The van der Waals surface area contributed by atoms with E-state index in [1.165, 1.54) is 7.11 Å². The number of nitrogens with zero attached hydrogens (tertiary/aromatic N) is 3. The fraction of sp³-hybridized carbons (Fsp3) is 0.667. The summed E-state index contributed by atoms with van der Waals surface area (Å²) in [6.07, 6.45) is -0.654. The summed E-state index contributed by atoms with van der Waals surface area (Å²) in [6, 6.07) is 0. The molecule has 0 bridgehead atoms. The van der Waals surface area contributed by atoms with Gasteiger partial charge >= 0.3 is 0 Å². The Morgan fingerprint density at radius 1 is 1.18 bits per heavy atom. The highest BCUT2D eigenvalue weighted by Gasteiger charge is 2.11. The van der Waals surface area contributed by atoms with Crippen LogP contribution in [0.4, 0.5) is 17.8 Å². The lowest BCUT2D eigenvalue weighted by Gasteiger charge is -2.18. The Bertz CT molecular complexity index is 339. The van der Waals surface area contributed by atoms with E-state index in [2.05, 4.69) is 20.3 Å². The number of aromatic nitrogens is 3. The monoisotopic (exact) mass is 242 g/mol. The molecule has 0 aliphatic carbocycles. The lowest BCUT2D eigenvalue weighted by Crippen LogP contribution is -2.28. The average molecular weight is 242 g/mol. The van der Waals surface area contributed by atoms with Gasteiger partial charge in [-0.25, -0.2) is 0 Å². The molecule has 0 spiro atoms.